The van der Waals surface area contributed by atoms with Crippen LogP contribution >= 0.6 is 0 Å². The summed E-state index contributed by atoms with van der Waals surface area (Å²) in [5.41, 5.74) is 5.63. The van der Waals surface area contributed by atoms with Gasteiger partial charge in [-0.2, -0.15) is 0 Å². The van der Waals surface area contributed by atoms with Crippen molar-refractivity contribution < 1.29 is 19.4 Å². The van der Waals surface area contributed by atoms with Crippen molar-refractivity contribution in [2.75, 3.05) is 0 Å². The minimum atomic E-state index is -1.06. The van der Waals surface area contributed by atoms with E-state index in [9.17, 15) is 9.59 Å². The van der Waals surface area contributed by atoms with Crippen LogP contribution in [0, 0.1) is 0 Å². The van der Waals surface area contributed by atoms with Gasteiger partial charge in [0.15, 0.2) is 0 Å². The molecule has 0 fully saturated rings. The zero-order valence-electron chi connectivity index (χ0n) is 10.1. The summed E-state index contributed by atoms with van der Waals surface area (Å²) in [7, 11) is 0. The van der Waals surface area contributed by atoms with E-state index in [4.69, 9.17) is 15.6 Å². The Balaban J connectivity index is 2.48. The lowest BCUT2D eigenvalue weighted by atomic mass is 9.98. The molecule has 0 aliphatic carbocycles. The Morgan fingerprint density at radius 2 is 1.84 bits per heavy atom. The van der Waals surface area contributed by atoms with E-state index in [1.165, 1.54) is 0 Å². The minimum absolute atomic E-state index is 0.322. The molecule has 0 aliphatic rings. The summed E-state index contributed by atoms with van der Waals surface area (Å²) in [6.45, 7) is 0. The number of carbonyl (C=O) groups excluding carboxylic acids is 1. The first-order chi connectivity index (χ1) is 9.08. The zero-order chi connectivity index (χ0) is 13.8. The highest BCUT2D eigenvalue weighted by Gasteiger charge is 2.20. The van der Waals surface area contributed by atoms with Crippen LogP contribution in [0.4, 0.5) is 4.79 Å². The summed E-state index contributed by atoms with van der Waals surface area (Å²) >= 11 is 0. The molecular formula is C14H13NO4. The lowest BCUT2D eigenvalue weighted by Gasteiger charge is -2.17. The van der Waals surface area contributed by atoms with Crippen LogP contribution in [0.3, 0.4) is 0 Å². The van der Waals surface area contributed by atoms with Gasteiger partial charge in [0, 0.05) is 5.56 Å². The molecule has 0 spiro atoms. The number of carboxylic acids is 1. The van der Waals surface area contributed by atoms with Gasteiger partial charge in [-0.3, -0.25) is 4.79 Å². The predicted molar refractivity (Wildman–Crippen MR) is 69.6 cm³/mol. The lowest BCUT2D eigenvalue weighted by Crippen LogP contribution is -2.19. The molecule has 98 valence electrons. The Labute approximate surface area is 109 Å². The van der Waals surface area contributed by atoms with Gasteiger partial charge >= 0.3 is 12.1 Å². The standard InChI is InChI=1S/C14H13NO4/c15-14(18)19-12(8-13(16)17)11-7-3-5-9-4-1-2-6-10(9)11/h1-7,12H,8H2,(H2,15,18)(H,16,17). The summed E-state index contributed by atoms with van der Waals surface area (Å²) in [5.74, 6) is -1.06. The Morgan fingerprint density at radius 3 is 2.53 bits per heavy atom. The Kier molecular flexibility index (Phi) is 3.66. The van der Waals surface area contributed by atoms with Crippen molar-refractivity contribution in [2.24, 2.45) is 5.73 Å². The van der Waals surface area contributed by atoms with Crippen LogP contribution in [0.5, 0.6) is 0 Å². The fourth-order valence-electron chi connectivity index (χ4n) is 2.05. The molecule has 0 aliphatic heterocycles. The number of hydrogen-bond acceptors (Lipinski definition) is 3. The van der Waals surface area contributed by atoms with Gasteiger partial charge in [-0.05, 0) is 10.8 Å². The van der Waals surface area contributed by atoms with E-state index in [1.807, 2.05) is 30.3 Å². The average Bonchev–Trinajstić information content (AvgIpc) is 2.36. The zero-order valence-corrected chi connectivity index (χ0v) is 10.1. The molecule has 5 nitrogen and oxygen atoms in total. The minimum Gasteiger partial charge on any atom is -0.481 e. The quantitative estimate of drug-likeness (QED) is 0.882. The van der Waals surface area contributed by atoms with Crippen molar-refractivity contribution in [1.29, 1.82) is 0 Å². The molecule has 5 heteroatoms. The highest BCUT2D eigenvalue weighted by molar-refractivity contribution is 5.86. The highest BCUT2D eigenvalue weighted by Crippen LogP contribution is 2.28. The highest BCUT2D eigenvalue weighted by atomic mass is 16.6. The van der Waals surface area contributed by atoms with Crippen LogP contribution in [0.2, 0.25) is 0 Å². The molecule has 1 unspecified atom stereocenters. The van der Waals surface area contributed by atoms with Crippen LogP contribution < -0.4 is 5.73 Å². The topological polar surface area (TPSA) is 89.6 Å². The molecule has 0 saturated carbocycles. The lowest BCUT2D eigenvalue weighted by molar-refractivity contribution is -0.139. The number of nitrogens with two attached hydrogens (primary N) is 1. The third-order valence-corrected chi connectivity index (χ3v) is 2.79. The molecule has 2 aromatic rings. The Hall–Kier alpha value is -2.56. The van der Waals surface area contributed by atoms with Crippen molar-refractivity contribution in [2.45, 2.75) is 12.5 Å². The number of primary amides is 1. The first kappa shape index (κ1) is 12.9. The van der Waals surface area contributed by atoms with Crippen LogP contribution in [-0.4, -0.2) is 17.2 Å². The number of carbonyl (C=O) groups is 2. The molecule has 0 aromatic heterocycles. The van der Waals surface area contributed by atoms with Gasteiger partial charge in [0.1, 0.15) is 6.10 Å². The number of aliphatic carboxylic acids is 1. The number of carboxylic acid groups (broad SMARTS) is 1. The Morgan fingerprint density at radius 1 is 1.16 bits per heavy atom. The monoisotopic (exact) mass is 259 g/mol. The van der Waals surface area contributed by atoms with Gasteiger partial charge in [-0.15, -0.1) is 0 Å². The molecule has 0 saturated heterocycles. The van der Waals surface area contributed by atoms with Crippen molar-refractivity contribution in [1.82, 2.24) is 0 Å². The maximum atomic E-state index is 10.9. The third-order valence-electron chi connectivity index (χ3n) is 2.79. The van der Waals surface area contributed by atoms with Gasteiger partial charge in [0.05, 0.1) is 6.42 Å². The molecule has 0 heterocycles. The molecule has 0 radical (unpaired) electrons. The van der Waals surface area contributed by atoms with E-state index < -0.39 is 18.2 Å². The number of rotatable bonds is 4. The van der Waals surface area contributed by atoms with Gasteiger partial charge in [-0.1, -0.05) is 42.5 Å². The number of benzene rings is 2. The fraction of sp³-hybridized carbons (Fsp3) is 0.143. The van der Waals surface area contributed by atoms with Crippen LogP contribution in [-0.2, 0) is 9.53 Å². The average molecular weight is 259 g/mol. The van der Waals surface area contributed by atoms with Crippen LogP contribution in [0.15, 0.2) is 42.5 Å². The van der Waals surface area contributed by atoms with E-state index in [2.05, 4.69) is 0 Å². The van der Waals surface area contributed by atoms with E-state index in [1.54, 1.807) is 12.1 Å². The number of amides is 1. The maximum Gasteiger partial charge on any atom is 0.405 e. The van der Waals surface area contributed by atoms with Crippen molar-refractivity contribution in [3.8, 4) is 0 Å². The molecule has 2 rings (SSSR count). The molecule has 2 aromatic carbocycles. The first-order valence-electron chi connectivity index (χ1n) is 5.73. The molecule has 1 atom stereocenters. The van der Waals surface area contributed by atoms with E-state index in [0.717, 1.165) is 10.8 Å². The largest absolute Gasteiger partial charge is 0.481 e. The molecule has 1 amide bonds. The normalized spacial score (nSPS) is 12.0. The van der Waals surface area contributed by atoms with Gasteiger partial charge in [-0.25, -0.2) is 4.79 Å². The van der Waals surface area contributed by atoms with Gasteiger partial charge in [0.25, 0.3) is 0 Å². The van der Waals surface area contributed by atoms with Crippen LogP contribution in [0.25, 0.3) is 10.8 Å². The summed E-state index contributed by atoms with van der Waals surface area (Å²) < 4.78 is 4.91. The van der Waals surface area contributed by atoms with Crippen molar-refractivity contribution in [3.05, 3.63) is 48.0 Å². The summed E-state index contributed by atoms with van der Waals surface area (Å²) in [4.78, 5) is 21.8. The number of hydrogen-bond donors (Lipinski definition) is 2. The summed E-state index contributed by atoms with van der Waals surface area (Å²) in [6.07, 6.45) is -2.20. The molecule has 19 heavy (non-hydrogen) atoms. The molecule has 0 bridgehead atoms. The number of fused-ring (bicyclic) bond motifs is 1. The fourth-order valence-corrected chi connectivity index (χ4v) is 2.05. The smallest absolute Gasteiger partial charge is 0.405 e. The van der Waals surface area contributed by atoms with Crippen LogP contribution in [0.1, 0.15) is 18.1 Å². The summed E-state index contributed by atoms with van der Waals surface area (Å²) in [5, 5.41) is 10.7. The first-order valence-corrected chi connectivity index (χ1v) is 5.73. The number of ether oxygens (including phenoxy) is 1. The predicted octanol–water partition coefficient (Wildman–Crippen LogP) is 2.45. The van der Waals surface area contributed by atoms with E-state index in [-0.39, 0.29) is 6.42 Å². The van der Waals surface area contributed by atoms with Gasteiger partial charge < -0.3 is 15.6 Å². The van der Waals surface area contributed by atoms with E-state index >= 15 is 0 Å². The maximum absolute atomic E-state index is 10.9. The summed E-state index contributed by atoms with van der Waals surface area (Å²) in [6, 6.07) is 12.9. The molecular weight excluding hydrogens is 246 g/mol. The van der Waals surface area contributed by atoms with Gasteiger partial charge in [0.2, 0.25) is 0 Å². The second kappa shape index (κ2) is 5.39. The second-order valence-electron chi connectivity index (χ2n) is 4.09. The van der Waals surface area contributed by atoms with E-state index in [0.29, 0.717) is 5.56 Å². The SMILES string of the molecule is NC(=O)OC(CC(=O)O)c1cccc2ccccc12. The Bertz CT molecular complexity index is 602. The second-order valence-corrected chi connectivity index (χ2v) is 4.09. The van der Waals surface area contributed by atoms with Crippen molar-refractivity contribution in [3.63, 3.8) is 0 Å². The molecule has 3 N–H and O–H groups in total. The van der Waals surface area contributed by atoms with Crippen molar-refractivity contribution >= 4 is 22.8 Å². The third kappa shape index (κ3) is 3.01.